The lowest BCUT2D eigenvalue weighted by molar-refractivity contribution is -0.137. The molecule has 2 aromatic carbocycles. The third-order valence-corrected chi connectivity index (χ3v) is 6.90. The lowest BCUT2D eigenvalue weighted by atomic mass is 9.99. The number of rotatable bonds is 5. The van der Waals surface area contributed by atoms with Gasteiger partial charge in [-0.1, -0.05) is 24.3 Å². The summed E-state index contributed by atoms with van der Waals surface area (Å²) in [6.45, 7) is 1.79. The van der Waals surface area contributed by atoms with Crippen LogP contribution in [0, 0.1) is 12.7 Å². The molecule has 34 heavy (non-hydrogen) atoms. The van der Waals surface area contributed by atoms with Crippen LogP contribution in [0.2, 0.25) is 0 Å². The molecule has 1 aliphatic heterocycles. The van der Waals surface area contributed by atoms with E-state index in [9.17, 15) is 30.8 Å². The van der Waals surface area contributed by atoms with Crippen LogP contribution in [0.5, 0.6) is 0 Å². The van der Waals surface area contributed by atoms with E-state index in [2.05, 4.69) is 0 Å². The maximum absolute atomic E-state index is 14.8. The van der Waals surface area contributed by atoms with E-state index in [1.807, 2.05) is 0 Å². The number of ether oxygens (including phenoxy) is 1. The first-order chi connectivity index (χ1) is 15.8. The van der Waals surface area contributed by atoms with E-state index in [1.165, 1.54) is 35.8 Å². The summed E-state index contributed by atoms with van der Waals surface area (Å²) in [6, 6.07) is 7.79. The predicted octanol–water partition coefficient (Wildman–Crippen LogP) is 4.36. The fraction of sp³-hybridized carbons (Fsp3) is 0.261. The summed E-state index contributed by atoms with van der Waals surface area (Å²) in [5.74, 6) is -1.97. The third-order valence-electron chi connectivity index (χ3n) is 5.77. The number of amides is 1. The Kier molecular flexibility index (Phi) is 5.81. The van der Waals surface area contributed by atoms with E-state index < -0.39 is 44.2 Å². The van der Waals surface area contributed by atoms with Crippen LogP contribution in [0.4, 0.5) is 17.6 Å². The van der Waals surface area contributed by atoms with Crippen molar-refractivity contribution in [3.8, 4) is 22.5 Å². The summed E-state index contributed by atoms with van der Waals surface area (Å²) in [6.07, 6.45) is -3.82. The van der Waals surface area contributed by atoms with Crippen LogP contribution in [-0.4, -0.2) is 38.4 Å². The number of carbonyl (C=O) groups excluding carboxylic acids is 1. The Hall–Kier alpha value is -3.18. The molecule has 1 aliphatic rings. The van der Waals surface area contributed by atoms with Crippen molar-refractivity contribution in [2.24, 2.45) is 5.73 Å². The Morgan fingerprint density at radius 2 is 1.76 bits per heavy atom. The summed E-state index contributed by atoms with van der Waals surface area (Å²) in [7, 11) is -3.87. The van der Waals surface area contributed by atoms with E-state index >= 15 is 0 Å². The van der Waals surface area contributed by atoms with Crippen molar-refractivity contribution < 1.29 is 35.5 Å². The Morgan fingerprint density at radius 3 is 2.26 bits per heavy atom. The van der Waals surface area contributed by atoms with Crippen molar-refractivity contribution >= 4 is 15.7 Å². The van der Waals surface area contributed by atoms with Gasteiger partial charge in [-0.3, -0.25) is 4.79 Å². The lowest BCUT2D eigenvalue weighted by Gasteiger charge is -2.32. The summed E-state index contributed by atoms with van der Waals surface area (Å²) in [5.41, 5.74) is 4.99. The first-order valence-corrected chi connectivity index (χ1v) is 12.0. The van der Waals surface area contributed by atoms with Crippen LogP contribution in [0.15, 0.2) is 47.4 Å². The monoisotopic (exact) mass is 496 g/mol. The van der Waals surface area contributed by atoms with Crippen molar-refractivity contribution in [2.75, 3.05) is 19.5 Å². The summed E-state index contributed by atoms with van der Waals surface area (Å²) in [4.78, 5) is 12.0. The fourth-order valence-corrected chi connectivity index (χ4v) is 4.98. The number of hydrogen-bond donors (Lipinski definition) is 1. The Morgan fingerprint density at radius 1 is 1.12 bits per heavy atom. The van der Waals surface area contributed by atoms with Crippen LogP contribution in [-0.2, 0) is 20.8 Å². The molecule has 11 heteroatoms. The van der Waals surface area contributed by atoms with Gasteiger partial charge in [0.15, 0.2) is 9.84 Å². The average Bonchev–Trinajstić information content (AvgIpc) is 2.97. The van der Waals surface area contributed by atoms with Crippen molar-refractivity contribution in [2.45, 2.75) is 24.0 Å². The molecule has 180 valence electrons. The van der Waals surface area contributed by atoms with E-state index in [1.54, 1.807) is 0 Å². The van der Waals surface area contributed by atoms with Crippen molar-refractivity contribution in [3.05, 3.63) is 65.0 Å². The number of carbonyl (C=O) groups is 1. The standard InChI is InChI=1S/C23H20F4N2O4S/c1-12-19(22(28)30)21(13-7-8-18(17(24)9-13)34(2,31)32)29(14-10-33-11-14)20(12)15-5-3-4-6-16(15)23(25,26)27/h3-9,14H,10-11H2,1-2H3,(H2,28,30). The molecule has 1 amide bonds. The molecule has 2 N–H and O–H groups in total. The maximum atomic E-state index is 14.8. The normalized spacial score (nSPS) is 14.8. The van der Waals surface area contributed by atoms with Crippen LogP contribution in [0.25, 0.3) is 22.5 Å². The Balaban J connectivity index is 2.10. The van der Waals surface area contributed by atoms with Gasteiger partial charge >= 0.3 is 6.18 Å². The van der Waals surface area contributed by atoms with Crippen LogP contribution in [0.3, 0.4) is 0 Å². The predicted molar refractivity (Wildman–Crippen MR) is 116 cm³/mol. The minimum absolute atomic E-state index is 0.0783. The van der Waals surface area contributed by atoms with Gasteiger partial charge in [0.05, 0.1) is 41.8 Å². The van der Waals surface area contributed by atoms with Gasteiger partial charge in [-0.25, -0.2) is 12.8 Å². The highest BCUT2D eigenvalue weighted by molar-refractivity contribution is 7.90. The molecule has 1 aromatic heterocycles. The molecule has 0 atom stereocenters. The van der Waals surface area contributed by atoms with Crippen molar-refractivity contribution in [3.63, 3.8) is 0 Å². The van der Waals surface area contributed by atoms with Gasteiger partial charge < -0.3 is 15.0 Å². The van der Waals surface area contributed by atoms with Gasteiger partial charge in [0, 0.05) is 17.4 Å². The van der Waals surface area contributed by atoms with E-state index in [0.717, 1.165) is 24.5 Å². The van der Waals surface area contributed by atoms with E-state index in [4.69, 9.17) is 10.5 Å². The molecule has 2 heterocycles. The molecule has 0 saturated carbocycles. The number of halogens is 4. The number of aromatic nitrogens is 1. The van der Waals surface area contributed by atoms with Gasteiger partial charge in [-0.2, -0.15) is 13.2 Å². The van der Waals surface area contributed by atoms with E-state index in [0.29, 0.717) is 0 Å². The molecular weight excluding hydrogens is 476 g/mol. The summed E-state index contributed by atoms with van der Waals surface area (Å²) < 4.78 is 86.8. The number of benzene rings is 2. The number of nitrogens with zero attached hydrogens (tertiary/aromatic N) is 1. The Labute approximate surface area is 192 Å². The minimum Gasteiger partial charge on any atom is -0.377 e. The van der Waals surface area contributed by atoms with Crippen molar-refractivity contribution in [1.29, 1.82) is 0 Å². The average molecular weight is 496 g/mol. The molecule has 0 spiro atoms. The summed E-state index contributed by atoms with van der Waals surface area (Å²) >= 11 is 0. The molecule has 0 radical (unpaired) electrons. The number of nitrogens with two attached hydrogens (primary N) is 1. The molecule has 1 fully saturated rings. The second kappa shape index (κ2) is 8.24. The lowest BCUT2D eigenvalue weighted by Crippen LogP contribution is -2.32. The smallest absolute Gasteiger partial charge is 0.377 e. The topological polar surface area (TPSA) is 91.4 Å². The number of alkyl halides is 3. The molecule has 0 bridgehead atoms. The fourth-order valence-electron chi connectivity index (χ4n) is 4.25. The zero-order valence-electron chi connectivity index (χ0n) is 18.1. The molecule has 6 nitrogen and oxygen atoms in total. The molecule has 3 aromatic rings. The quantitative estimate of drug-likeness (QED) is 0.532. The minimum atomic E-state index is -4.68. The molecule has 1 saturated heterocycles. The maximum Gasteiger partial charge on any atom is 0.417 e. The zero-order valence-corrected chi connectivity index (χ0v) is 18.9. The van der Waals surface area contributed by atoms with Crippen LogP contribution < -0.4 is 5.73 Å². The second-order valence-electron chi connectivity index (χ2n) is 8.08. The van der Waals surface area contributed by atoms with Crippen LogP contribution >= 0.6 is 0 Å². The van der Waals surface area contributed by atoms with Gasteiger partial charge in [0.1, 0.15) is 10.7 Å². The molecular formula is C23H20F4N2O4S. The van der Waals surface area contributed by atoms with Gasteiger partial charge in [-0.05, 0) is 30.7 Å². The first-order valence-electron chi connectivity index (χ1n) is 10.1. The number of primary amides is 1. The largest absolute Gasteiger partial charge is 0.417 e. The van der Waals surface area contributed by atoms with E-state index in [-0.39, 0.29) is 46.9 Å². The highest BCUT2D eigenvalue weighted by Gasteiger charge is 2.38. The first kappa shape index (κ1) is 24.0. The molecule has 0 unspecified atom stereocenters. The van der Waals surface area contributed by atoms with Gasteiger partial charge in [0.2, 0.25) is 0 Å². The van der Waals surface area contributed by atoms with Crippen molar-refractivity contribution in [1.82, 2.24) is 4.57 Å². The zero-order chi connectivity index (χ0) is 25.0. The highest BCUT2D eigenvalue weighted by atomic mass is 32.2. The Bertz CT molecular complexity index is 1410. The van der Waals surface area contributed by atoms with Crippen LogP contribution in [0.1, 0.15) is 27.5 Å². The third kappa shape index (κ3) is 3.98. The SMILES string of the molecule is Cc1c(C(N)=O)c(-c2ccc(S(C)(=O)=O)c(F)c2)n(C2COC2)c1-c1ccccc1C(F)(F)F. The molecule has 0 aliphatic carbocycles. The second-order valence-corrected chi connectivity index (χ2v) is 10.1. The molecule has 4 rings (SSSR count). The van der Waals surface area contributed by atoms with Gasteiger partial charge in [0.25, 0.3) is 5.91 Å². The highest BCUT2D eigenvalue weighted by Crippen LogP contribution is 2.45. The van der Waals surface area contributed by atoms with Gasteiger partial charge in [-0.15, -0.1) is 0 Å². The number of sulfone groups is 1. The summed E-state index contributed by atoms with van der Waals surface area (Å²) in [5, 5.41) is 0. The number of hydrogen-bond acceptors (Lipinski definition) is 4.